The molecule has 3 saturated carbocycles. The largest absolute Gasteiger partial charge is 0.479 e. The van der Waals surface area contributed by atoms with Crippen LogP contribution in [0.5, 0.6) is 0 Å². The number of aliphatic hydroxyl groups is 2. The molecular weight excluding hydrogens is 448 g/mol. The molecule has 4 rings (SSSR count). The molecule has 35 heavy (non-hydrogen) atoms. The Morgan fingerprint density at radius 1 is 1.17 bits per heavy atom. The summed E-state index contributed by atoms with van der Waals surface area (Å²) in [5.74, 6) is 0.256. The van der Waals surface area contributed by atoms with E-state index in [0.717, 1.165) is 44.2 Å². The molecule has 4 N–H and O–H groups in total. The lowest BCUT2D eigenvalue weighted by Crippen LogP contribution is -2.51. The molecule has 0 unspecified atom stereocenters. The molecule has 0 bridgehead atoms. The molecule has 0 heterocycles. The minimum Gasteiger partial charge on any atom is -0.479 e. The fourth-order valence-corrected chi connectivity index (χ4v) is 7.60. The van der Waals surface area contributed by atoms with Crippen LogP contribution < -0.4 is 5.32 Å². The summed E-state index contributed by atoms with van der Waals surface area (Å²) in [6, 6.07) is 0. The monoisotopic (exact) mass is 490 g/mol. The minimum atomic E-state index is -1.57. The van der Waals surface area contributed by atoms with Crippen molar-refractivity contribution < 1.29 is 29.7 Å². The van der Waals surface area contributed by atoms with E-state index in [1.807, 2.05) is 0 Å². The highest BCUT2D eigenvalue weighted by Gasteiger charge is 2.58. The van der Waals surface area contributed by atoms with Gasteiger partial charge in [-0.3, -0.25) is 4.79 Å². The standard InChI is InChI=1S/C27H42N2O6/c1-25(2,23(32)24(33)34)15-28-22(31)14-35-29-17-9-11-26(3)16(13-17)5-6-18-19-7-8-21(30)27(19,4)12-10-20(18)26/h13,18-21,23,30,32H,5-12,14-15H2,1-4H3,(H,28,31)(H,33,34)/b29-17+/t18-,19+,20+,21+,23+,26+,27+/m1/s1. The van der Waals surface area contributed by atoms with Crippen molar-refractivity contribution in [2.75, 3.05) is 13.2 Å². The molecule has 0 aliphatic heterocycles. The summed E-state index contributed by atoms with van der Waals surface area (Å²) in [4.78, 5) is 28.5. The number of nitrogens with zero attached hydrogens (tertiary/aromatic N) is 1. The molecular formula is C27H42N2O6. The number of nitrogens with one attached hydrogen (secondary N) is 1. The predicted molar refractivity (Wildman–Crippen MR) is 132 cm³/mol. The summed E-state index contributed by atoms with van der Waals surface area (Å²) in [5, 5.41) is 36.2. The van der Waals surface area contributed by atoms with Crippen LogP contribution in [0.15, 0.2) is 16.8 Å². The van der Waals surface area contributed by atoms with Gasteiger partial charge in [0, 0.05) is 12.0 Å². The molecule has 7 atom stereocenters. The van der Waals surface area contributed by atoms with Crippen LogP contribution >= 0.6 is 0 Å². The number of hydrogen-bond donors (Lipinski definition) is 4. The SMILES string of the molecule is CC(C)(CNC(=O)CO/N=C1/C=C2CC[C@@H]3[C@@H]4CC[C@H](O)[C@@]4(C)CC[C@@H]3[C@@]2(C)CC1)[C@@H](O)C(=O)O. The Kier molecular flexibility index (Phi) is 7.10. The first-order chi connectivity index (χ1) is 16.4. The molecule has 8 nitrogen and oxygen atoms in total. The van der Waals surface area contributed by atoms with Crippen LogP contribution in [0.1, 0.15) is 79.1 Å². The van der Waals surface area contributed by atoms with E-state index >= 15 is 0 Å². The number of fused-ring (bicyclic) bond motifs is 5. The molecule has 3 fully saturated rings. The van der Waals surface area contributed by atoms with Gasteiger partial charge in [-0.05, 0) is 86.0 Å². The number of carboxylic acid groups (broad SMARTS) is 1. The number of carbonyl (C=O) groups is 2. The Bertz CT molecular complexity index is 913. The number of allylic oxidation sites excluding steroid dienone is 2. The Labute approximate surface area is 208 Å². The zero-order valence-electron chi connectivity index (χ0n) is 21.5. The number of amides is 1. The number of carbonyl (C=O) groups excluding carboxylic acids is 1. The van der Waals surface area contributed by atoms with Gasteiger partial charge in [-0.2, -0.15) is 0 Å². The topological polar surface area (TPSA) is 128 Å². The van der Waals surface area contributed by atoms with Gasteiger partial charge in [0.15, 0.2) is 12.7 Å². The molecule has 4 aliphatic carbocycles. The van der Waals surface area contributed by atoms with E-state index in [4.69, 9.17) is 9.94 Å². The Morgan fingerprint density at radius 2 is 1.91 bits per heavy atom. The molecule has 0 radical (unpaired) electrons. The minimum absolute atomic E-state index is 0.0151. The molecule has 1 amide bonds. The molecule has 0 aromatic rings. The van der Waals surface area contributed by atoms with Gasteiger partial charge in [-0.1, -0.05) is 38.4 Å². The quantitative estimate of drug-likeness (QED) is 0.406. The summed E-state index contributed by atoms with van der Waals surface area (Å²) in [5.41, 5.74) is 1.57. The van der Waals surface area contributed by atoms with Gasteiger partial charge in [0.2, 0.25) is 0 Å². The van der Waals surface area contributed by atoms with E-state index in [9.17, 15) is 19.8 Å². The van der Waals surface area contributed by atoms with Crippen molar-refractivity contribution >= 4 is 17.6 Å². The number of oxime groups is 1. The van der Waals surface area contributed by atoms with Crippen molar-refractivity contribution in [3.63, 3.8) is 0 Å². The highest BCUT2D eigenvalue weighted by atomic mass is 16.6. The third-order valence-corrected chi connectivity index (χ3v) is 10.0. The van der Waals surface area contributed by atoms with Crippen LogP contribution in [-0.2, 0) is 14.4 Å². The summed E-state index contributed by atoms with van der Waals surface area (Å²) in [6.07, 6.45) is 8.93. The Balaban J connectivity index is 1.33. The van der Waals surface area contributed by atoms with Crippen LogP contribution in [0.3, 0.4) is 0 Å². The van der Waals surface area contributed by atoms with Crippen molar-refractivity contribution in [3.8, 4) is 0 Å². The highest BCUT2D eigenvalue weighted by molar-refractivity contribution is 5.96. The van der Waals surface area contributed by atoms with Crippen LogP contribution in [-0.4, -0.2) is 58.3 Å². The third kappa shape index (κ3) is 4.76. The first-order valence-electron chi connectivity index (χ1n) is 13.1. The number of aliphatic hydroxyl groups excluding tert-OH is 2. The van der Waals surface area contributed by atoms with Crippen LogP contribution in [0.25, 0.3) is 0 Å². The Hall–Kier alpha value is -1.93. The van der Waals surface area contributed by atoms with E-state index in [-0.39, 0.29) is 30.1 Å². The van der Waals surface area contributed by atoms with E-state index in [1.54, 1.807) is 13.8 Å². The number of hydrogen-bond acceptors (Lipinski definition) is 6. The molecule has 196 valence electrons. The van der Waals surface area contributed by atoms with E-state index in [2.05, 4.69) is 30.4 Å². The maximum Gasteiger partial charge on any atom is 0.333 e. The molecule has 0 aromatic carbocycles. The predicted octanol–water partition coefficient (Wildman–Crippen LogP) is 3.27. The van der Waals surface area contributed by atoms with Crippen molar-refractivity contribution in [1.29, 1.82) is 0 Å². The van der Waals surface area contributed by atoms with E-state index in [1.165, 1.54) is 18.4 Å². The number of rotatable bonds is 7. The van der Waals surface area contributed by atoms with Crippen molar-refractivity contribution in [2.45, 2.75) is 91.3 Å². The van der Waals surface area contributed by atoms with Gasteiger partial charge < -0.3 is 25.5 Å². The van der Waals surface area contributed by atoms with Crippen molar-refractivity contribution in [2.24, 2.45) is 39.2 Å². The van der Waals surface area contributed by atoms with Gasteiger partial charge >= 0.3 is 5.97 Å². The molecule has 0 saturated heterocycles. The fraction of sp³-hybridized carbons (Fsp3) is 0.815. The van der Waals surface area contributed by atoms with E-state index < -0.39 is 23.4 Å². The average molecular weight is 491 g/mol. The fourth-order valence-electron chi connectivity index (χ4n) is 7.60. The van der Waals surface area contributed by atoms with Gasteiger partial charge in [-0.15, -0.1) is 0 Å². The van der Waals surface area contributed by atoms with Crippen LogP contribution in [0, 0.1) is 34.0 Å². The molecule has 0 aromatic heterocycles. The summed E-state index contributed by atoms with van der Waals surface area (Å²) in [7, 11) is 0. The second kappa shape index (κ2) is 9.51. The summed E-state index contributed by atoms with van der Waals surface area (Å²) in [6.45, 7) is 7.65. The summed E-state index contributed by atoms with van der Waals surface area (Å²) >= 11 is 0. The lowest BCUT2D eigenvalue weighted by Gasteiger charge is -2.57. The van der Waals surface area contributed by atoms with Gasteiger partial charge in [0.1, 0.15) is 0 Å². The normalized spacial score (nSPS) is 38.6. The molecule has 0 spiro atoms. The van der Waals surface area contributed by atoms with E-state index in [0.29, 0.717) is 17.8 Å². The second-order valence-corrected chi connectivity index (χ2v) is 12.5. The first-order valence-corrected chi connectivity index (χ1v) is 13.1. The number of carboxylic acids is 1. The zero-order chi connectivity index (χ0) is 25.6. The van der Waals surface area contributed by atoms with Crippen molar-refractivity contribution in [1.82, 2.24) is 5.32 Å². The van der Waals surface area contributed by atoms with Gasteiger partial charge in [0.25, 0.3) is 5.91 Å². The number of aliphatic carboxylic acids is 1. The zero-order valence-corrected chi connectivity index (χ0v) is 21.5. The smallest absolute Gasteiger partial charge is 0.333 e. The van der Waals surface area contributed by atoms with Crippen LogP contribution in [0.2, 0.25) is 0 Å². The Morgan fingerprint density at radius 3 is 2.63 bits per heavy atom. The van der Waals surface area contributed by atoms with Gasteiger partial charge in [-0.25, -0.2) is 4.79 Å². The molecule has 4 aliphatic rings. The highest BCUT2D eigenvalue weighted by Crippen LogP contribution is 2.65. The molecule has 8 heteroatoms. The van der Waals surface area contributed by atoms with Crippen molar-refractivity contribution in [3.05, 3.63) is 11.6 Å². The van der Waals surface area contributed by atoms with Gasteiger partial charge in [0.05, 0.1) is 11.8 Å². The maximum absolute atomic E-state index is 12.1. The van der Waals surface area contributed by atoms with Crippen LogP contribution in [0.4, 0.5) is 0 Å². The lowest BCUT2D eigenvalue weighted by molar-refractivity contribution is -0.153. The summed E-state index contributed by atoms with van der Waals surface area (Å²) < 4.78 is 0. The third-order valence-electron chi connectivity index (χ3n) is 10.0. The lowest BCUT2D eigenvalue weighted by atomic mass is 9.47. The first kappa shape index (κ1) is 26.1. The second-order valence-electron chi connectivity index (χ2n) is 12.5. The maximum atomic E-state index is 12.1. The average Bonchev–Trinajstić information content (AvgIpc) is 3.11.